The molecule has 0 fully saturated rings. The summed E-state index contributed by atoms with van der Waals surface area (Å²) < 4.78 is 38.8. The number of alkyl halides is 3. The Hall–Kier alpha value is -2.71. The summed E-state index contributed by atoms with van der Waals surface area (Å²) >= 11 is 0. The summed E-state index contributed by atoms with van der Waals surface area (Å²) in [6.07, 6.45) is 0.692. The number of aromatic nitrogens is 5. The van der Waals surface area contributed by atoms with Crippen LogP contribution in [0.3, 0.4) is 0 Å². The highest BCUT2D eigenvalue weighted by Crippen LogP contribution is 2.30. The quantitative estimate of drug-likeness (QED) is 0.799. The Morgan fingerprint density at radius 1 is 1.17 bits per heavy atom. The monoisotopic (exact) mass is 322 g/mol. The van der Waals surface area contributed by atoms with Crippen LogP contribution in [0.2, 0.25) is 0 Å². The molecule has 0 aliphatic heterocycles. The largest absolute Gasteiger partial charge is 0.451 e. The molecule has 0 amide bonds. The second kappa shape index (κ2) is 5.82. The molecule has 0 aromatic carbocycles. The van der Waals surface area contributed by atoms with Crippen LogP contribution in [0.25, 0.3) is 11.2 Å². The van der Waals surface area contributed by atoms with Gasteiger partial charge in [0.05, 0.1) is 6.33 Å². The first kappa shape index (κ1) is 15.2. The van der Waals surface area contributed by atoms with E-state index in [1.807, 2.05) is 12.1 Å². The normalized spacial score (nSPS) is 11.8. The van der Waals surface area contributed by atoms with Crippen LogP contribution in [0.15, 0.2) is 30.9 Å². The maximum atomic E-state index is 12.9. The van der Waals surface area contributed by atoms with Crippen LogP contribution in [-0.4, -0.2) is 38.5 Å². The molecule has 0 saturated heterocycles. The number of likely N-dealkylation sites (N-methyl/N-ethyl adjacent to an activating group) is 1. The molecule has 3 aromatic heterocycles. The number of aromatic amines is 1. The van der Waals surface area contributed by atoms with Crippen molar-refractivity contribution in [1.29, 1.82) is 0 Å². The fraction of sp³-hybridized carbons (Fsp3) is 0.286. The van der Waals surface area contributed by atoms with E-state index in [1.165, 1.54) is 6.33 Å². The van der Waals surface area contributed by atoms with E-state index >= 15 is 0 Å². The smallest absolute Gasteiger partial charge is 0.357 e. The first-order chi connectivity index (χ1) is 10.9. The van der Waals surface area contributed by atoms with Gasteiger partial charge >= 0.3 is 6.18 Å². The topological polar surface area (TPSA) is 70.6 Å². The molecular weight excluding hydrogens is 309 g/mol. The molecule has 0 unspecified atom stereocenters. The highest BCUT2D eigenvalue weighted by Gasteiger charge is 2.36. The number of rotatable bonds is 4. The number of hydrogen-bond acceptors (Lipinski definition) is 5. The highest BCUT2D eigenvalue weighted by molar-refractivity contribution is 5.83. The number of nitrogens with zero attached hydrogens (tertiary/aromatic N) is 5. The Kier molecular flexibility index (Phi) is 3.85. The molecule has 3 heterocycles. The van der Waals surface area contributed by atoms with Crippen LogP contribution in [0.1, 0.15) is 11.4 Å². The van der Waals surface area contributed by atoms with Gasteiger partial charge < -0.3 is 9.88 Å². The van der Waals surface area contributed by atoms with Crippen molar-refractivity contribution in [3.63, 3.8) is 0 Å². The highest BCUT2D eigenvalue weighted by atomic mass is 19.4. The van der Waals surface area contributed by atoms with E-state index in [0.29, 0.717) is 18.5 Å². The van der Waals surface area contributed by atoms with Crippen molar-refractivity contribution in [3.8, 4) is 0 Å². The molecule has 0 radical (unpaired) electrons. The Balaban J connectivity index is 1.90. The van der Waals surface area contributed by atoms with Gasteiger partial charge in [0.15, 0.2) is 11.5 Å². The Morgan fingerprint density at radius 2 is 1.91 bits per heavy atom. The van der Waals surface area contributed by atoms with Gasteiger partial charge in [-0.05, 0) is 24.1 Å². The molecule has 0 atom stereocenters. The standard InChI is InChI=1S/C14H13F3N6/c1-23(7-4-9-2-5-18-6-3-9)12-10-11(20-8-19-10)21-13(22-12)14(15,16)17/h2-3,5-6,8H,4,7H2,1H3,(H,19,20,21,22). The fourth-order valence-corrected chi connectivity index (χ4v) is 2.17. The maximum Gasteiger partial charge on any atom is 0.451 e. The lowest BCUT2D eigenvalue weighted by molar-refractivity contribution is -0.144. The van der Waals surface area contributed by atoms with Crippen molar-refractivity contribution >= 4 is 17.0 Å². The molecule has 9 heteroatoms. The van der Waals surface area contributed by atoms with E-state index in [4.69, 9.17) is 0 Å². The first-order valence-electron chi connectivity index (χ1n) is 6.83. The lowest BCUT2D eigenvalue weighted by atomic mass is 10.2. The van der Waals surface area contributed by atoms with Crippen molar-refractivity contribution in [2.75, 3.05) is 18.5 Å². The SMILES string of the molecule is CN(CCc1ccncc1)c1nc(C(F)(F)F)nc2nc[nH]c12. The third-order valence-corrected chi connectivity index (χ3v) is 3.37. The summed E-state index contributed by atoms with van der Waals surface area (Å²) in [5, 5.41) is 0. The number of H-pyrrole nitrogens is 1. The molecule has 23 heavy (non-hydrogen) atoms. The number of anilines is 1. The first-order valence-corrected chi connectivity index (χ1v) is 6.83. The van der Waals surface area contributed by atoms with Crippen LogP contribution in [0.4, 0.5) is 19.0 Å². The molecule has 3 aromatic rings. The minimum absolute atomic E-state index is 0.00177. The van der Waals surface area contributed by atoms with Crippen LogP contribution in [0.5, 0.6) is 0 Å². The third kappa shape index (κ3) is 3.22. The number of fused-ring (bicyclic) bond motifs is 1. The lowest BCUT2D eigenvalue weighted by Gasteiger charge is -2.19. The second-order valence-corrected chi connectivity index (χ2v) is 5.00. The lowest BCUT2D eigenvalue weighted by Crippen LogP contribution is -2.24. The van der Waals surface area contributed by atoms with E-state index in [1.54, 1.807) is 24.3 Å². The second-order valence-electron chi connectivity index (χ2n) is 5.00. The van der Waals surface area contributed by atoms with Crippen molar-refractivity contribution in [2.24, 2.45) is 0 Å². The van der Waals surface area contributed by atoms with Crippen LogP contribution in [0, 0.1) is 0 Å². The number of hydrogen-bond donors (Lipinski definition) is 1. The van der Waals surface area contributed by atoms with Crippen molar-refractivity contribution in [2.45, 2.75) is 12.6 Å². The third-order valence-electron chi connectivity index (χ3n) is 3.37. The van der Waals surface area contributed by atoms with E-state index in [-0.39, 0.29) is 11.5 Å². The van der Waals surface area contributed by atoms with Crippen LogP contribution in [-0.2, 0) is 12.6 Å². The predicted octanol–water partition coefficient (Wildman–Crippen LogP) is 2.45. The van der Waals surface area contributed by atoms with Crippen molar-refractivity contribution in [3.05, 3.63) is 42.2 Å². The summed E-state index contributed by atoms with van der Waals surface area (Å²) in [5.41, 5.74) is 1.42. The van der Waals surface area contributed by atoms with E-state index in [0.717, 1.165) is 5.56 Å². The van der Waals surface area contributed by atoms with Gasteiger partial charge in [-0.2, -0.15) is 13.2 Å². The number of halogens is 3. The zero-order chi connectivity index (χ0) is 16.4. The van der Waals surface area contributed by atoms with Gasteiger partial charge in [0, 0.05) is 26.0 Å². The molecule has 0 saturated carbocycles. The molecule has 3 rings (SSSR count). The van der Waals surface area contributed by atoms with Gasteiger partial charge in [-0.1, -0.05) is 0 Å². The van der Waals surface area contributed by atoms with Gasteiger partial charge in [-0.15, -0.1) is 0 Å². The van der Waals surface area contributed by atoms with Gasteiger partial charge in [0.2, 0.25) is 5.82 Å². The fourth-order valence-electron chi connectivity index (χ4n) is 2.17. The average molecular weight is 322 g/mol. The number of pyridine rings is 1. The van der Waals surface area contributed by atoms with Crippen molar-refractivity contribution in [1.82, 2.24) is 24.9 Å². The maximum absolute atomic E-state index is 12.9. The van der Waals surface area contributed by atoms with E-state index in [2.05, 4.69) is 24.9 Å². The molecule has 0 spiro atoms. The summed E-state index contributed by atoms with van der Waals surface area (Å²) in [6, 6.07) is 3.72. The molecule has 0 aliphatic rings. The van der Waals surface area contributed by atoms with Gasteiger partial charge in [-0.3, -0.25) is 4.98 Å². The molecule has 0 bridgehead atoms. The van der Waals surface area contributed by atoms with E-state index in [9.17, 15) is 13.2 Å². The minimum atomic E-state index is -4.62. The van der Waals surface area contributed by atoms with Crippen LogP contribution < -0.4 is 4.90 Å². The number of nitrogens with one attached hydrogen (secondary N) is 1. The van der Waals surface area contributed by atoms with Gasteiger partial charge in [0.1, 0.15) is 5.52 Å². The zero-order valence-electron chi connectivity index (χ0n) is 12.2. The molecule has 1 N–H and O–H groups in total. The Morgan fingerprint density at radius 3 is 2.61 bits per heavy atom. The Labute approximate surface area is 129 Å². The number of imidazole rings is 1. The predicted molar refractivity (Wildman–Crippen MR) is 77.9 cm³/mol. The summed E-state index contributed by atoms with van der Waals surface area (Å²) in [7, 11) is 1.68. The molecule has 6 nitrogen and oxygen atoms in total. The summed E-state index contributed by atoms with van der Waals surface area (Å²) in [4.78, 5) is 19.3. The molecule has 0 aliphatic carbocycles. The Bertz CT molecular complexity index is 799. The summed E-state index contributed by atoms with van der Waals surface area (Å²) in [5.74, 6) is -1.02. The van der Waals surface area contributed by atoms with Gasteiger partial charge in [-0.25, -0.2) is 15.0 Å². The molecular formula is C14H13F3N6. The van der Waals surface area contributed by atoms with E-state index < -0.39 is 12.0 Å². The van der Waals surface area contributed by atoms with Gasteiger partial charge in [0.25, 0.3) is 0 Å². The molecule has 120 valence electrons. The minimum Gasteiger partial charge on any atom is -0.357 e. The van der Waals surface area contributed by atoms with Crippen molar-refractivity contribution < 1.29 is 13.2 Å². The summed E-state index contributed by atoms with van der Waals surface area (Å²) in [6.45, 7) is 0.493. The van der Waals surface area contributed by atoms with Crippen LogP contribution >= 0.6 is 0 Å². The zero-order valence-corrected chi connectivity index (χ0v) is 12.2. The average Bonchev–Trinajstić information content (AvgIpc) is 3.00.